The van der Waals surface area contributed by atoms with E-state index in [-0.39, 0.29) is 5.43 Å². The smallest absolute Gasteiger partial charge is 0.201 e. The first-order chi connectivity index (χ1) is 12.7. The van der Waals surface area contributed by atoms with Crippen molar-refractivity contribution >= 4 is 34.4 Å². The summed E-state index contributed by atoms with van der Waals surface area (Å²) in [6.45, 7) is 0. The molecule has 0 radical (unpaired) electrons. The van der Waals surface area contributed by atoms with Gasteiger partial charge in [0.05, 0.1) is 16.6 Å². The van der Waals surface area contributed by atoms with Crippen molar-refractivity contribution in [3.05, 3.63) is 76.0 Å². The van der Waals surface area contributed by atoms with Gasteiger partial charge in [0, 0.05) is 16.8 Å². The SMILES string of the molecule is CSc1ncc2c(=O)c(-c3ccccc3Cl)c(-c3ccccc3)[nH]c2n1. The highest BCUT2D eigenvalue weighted by Crippen LogP contribution is 2.33. The summed E-state index contributed by atoms with van der Waals surface area (Å²) in [5.41, 5.74) is 3.18. The summed E-state index contributed by atoms with van der Waals surface area (Å²) < 4.78 is 0. The second-order valence-electron chi connectivity index (χ2n) is 5.67. The van der Waals surface area contributed by atoms with E-state index in [4.69, 9.17) is 11.6 Å². The molecule has 6 heteroatoms. The van der Waals surface area contributed by atoms with Crippen LogP contribution in [0.5, 0.6) is 0 Å². The van der Waals surface area contributed by atoms with Crippen LogP contribution in [0.3, 0.4) is 0 Å². The second-order valence-corrected chi connectivity index (χ2v) is 6.85. The van der Waals surface area contributed by atoms with Gasteiger partial charge < -0.3 is 4.98 Å². The molecule has 1 N–H and O–H groups in total. The number of aromatic nitrogens is 3. The Balaban J connectivity index is 2.13. The maximum atomic E-state index is 13.3. The Morgan fingerprint density at radius 1 is 1.04 bits per heavy atom. The number of benzene rings is 2. The molecule has 4 nitrogen and oxygen atoms in total. The maximum Gasteiger partial charge on any atom is 0.201 e. The van der Waals surface area contributed by atoms with Gasteiger partial charge in [-0.1, -0.05) is 71.9 Å². The molecule has 0 fully saturated rings. The number of H-pyrrole nitrogens is 1. The van der Waals surface area contributed by atoms with Crippen molar-refractivity contribution in [3.63, 3.8) is 0 Å². The van der Waals surface area contributed by atoms with E-state index >= 15 is 0 Å². The van der Waals surface area contributed by atoms with E-state index in [9.17, 15) is 4.79 Å². The van der Waals surface area contributed by atoms with Crippen molar-refractivity contribution < 1.29 is 0 Å². The molecule has 0 saturated heterocycles. The molecule has 0 unspecified atom stereocenters. The zero-order valence-corrected chi connectivity index (χ0v) is 15.4. The minimum atomic E-state index is -0.140. The van der Waals surface area contributed by atoms with Gasteiger partial charge in [0.15, 0.2) is 5.16 Å². The Hall–Kier alpha value is -2.63. The first-order valence-corrected chi connectivity index (χ1v) is 9.56. The van der Waals surface area contributed by atoms with Crippen LogP contribution in [0.4, 0.5) is 0 Å². The third-order valence-corrected chi connectivity index (χ3v) is 5.01. The number of aromatic amines is 1. The number of hydrogen-bond acceptors (Lipinski definition) is 4. The number of nitrogens with one attached hydrogen (secondary N) is 1. The summed E-state index contributed by atoms with van der Waals surface area (Å²) in [7, 11) is 0. The number of pyridine rings is 1. The topological polar surface area (TPSA) is 58.6 Å². The largest absolute Gasteiger partial charge is 0.338 e. The number of nitrogens with zero attached hydrogens (tertiary/aromatic N) is 2. The third kappa shape index (κ3) is 2.89. The van der Waals surface area contributed by atoms with Crippen LogP contribution in [0.15, 0.2) is 70.7 Å². The minimum Gasteiger partial charge on any atom is -0.338 e. The molecule has 0 aliphatic heterocycles. The highest BCUT2D eigenvalue weighted by atomic mass is 35.5. The molecule has 4 aromatic rings. The Labute approximate surface area is 159 Å². The van der Waals surface area contributed by atoms with E-state index in [1.165, 1.54) is 11.8 Å². The van der Waals surface area contributed by atoms with Crippen molar-refractivity contribution in [2.24, 2.45) is 0 Å². The molecular weight excluding hydrogens is 366 g/mol. The Bertz CT molecular complexity index is 1160. The van der Waals surface area contributed by atoms with Crippen LogP contribution in [0, 0.1) is 0 Å². The highest BCUT2D eigenvalue weighted by molar-refractivity contribution is 7.98. The standard InChI is InChI=1S/C20H14ClN3OS/c1-26-20-22-11-14-18(25)16(13-9-5-6-10-15(13)21)17(23-19(14)24-20)12-7-3-2-4-8-12/h2-11H,1H3,(H,22,23,24,25). The lowest BCUT2D eigenvalue weighted by Crippen LogP contribution is -2.11. The van der Waals surface area contributed by atoms with Gasteiger partial charge in [-0.3, -0.25) is 4.79 Å². The molecule has 26 heavy (non-hydrogen) atoms. The number of rotatable bonds is 3. The van der Waals surface area contributed by atoms with Gasteiger partial charge in [-0.25, -0.2) is 9.97 Å². The minimum absolute atomic E-state index is 0.140. The van der Waals surface area contributed by atoms with Crippen molar-refractivity contribution in [2.45, 2.75) is 5.16 Å². The summed E-state index contributed by atoms with van der Waals surface area (Å²) in [5.74, 6) is 0. The predicted molar refractivity (Wildman–Crippen MR) is 108 cm³/mol. The van der Waals surface area contributed by atoms with Crippen LogP contribution in [0.1, 0.15) is 0 Å². The molecule has 0 saturated carbocycles. The first kappa shape index (κ1) is 16.8. The lowest BCUT2D eigenvalue weighted by Gasteiger charge is -2.13. The summed E-state index contributed by atoms with van der Waals surface area (Å²) >= 11 is 7.83. The molecule has 4 rings (SSSR count). The Morgan fingerprint density at radius 3 is 2.50 bits per heavy atom. The summed E-state index contributed by atoms with van der Waals surface area (Å²) in [6.07, 6.45) is 3.47. The molecule has 0 atom stereocenters. The van der Waals surface area contributed by atoms with Crippen molar-refractivity contribution in [3.8, 4) is 22.4 Å². The summed E-state index contributed by atoms with van der Waals surface area (Å²) in [5, 5.41) is 1.58. The second kappa shape index (κ2) is 6.94. The van der Waals surface area contributed by atoms with E-state index in [1.54, 1.807) is 12.3 Å². The zero-order chi connectivity index (χ0) is 18.1. The molecule has 128 valence electrons. The predicted octanol–water partition coefficient (Wildman–Crippen LogP) is 5.03. The van der Waals surface area contributed by atoms with Gasteiger partial charge in [-0.2, -0.15) is 0 Å². The molecule has 0 spiro atoms. The van der Waals surface area contributed by atoms with Gasteiger partial charge in [0.1, 0.15) is 5.65 Å². The molecule has 0 bridgehead atoms. The first-order valence-electron chi connectivity index (χ1n) is 7.96. The van der Waals surface area contributed by atoms with Crippen molar-refractivity contribution in [1.82, 2.24) is 15.0 Å². The normalized spacial score (nSPS) is 11.0. The summed E-state index contributed by atoms with van der Waals surface area (Å²) in [4.78, 5) is 25.3. The van der Waals surface area contributed by atoms with Crippen LogP contribution in [0.2, 0.25) is 5.02 Å². The molecule has 2 aromatic carbocycles. The fourth-order valence-corrected chi connectivity index (χ4v) is 3.47. The van der Waals surface area contributed by atoms with E-state index in [2.05, 4.69) is 15.0 Å². The van der Waals surface area contributed by atoms with Gasteiger partial charge in [0.2, 0.25) is 5.43 Å². The van der Waals surface area contributed by atoms with E-state index in [0.29, 0.717) is 38.0 Å². The van der Waals surface area contributed by atoms with Crippen molar-refractivity contribution in [1.29, 1.82) is 0 Å². The number of thioether (sulfide) groups is 1. The van der Waals surface area contributed by atoms with E-state index < -0.39 is 0 Å². The highest BCUT2D eigenvalue weighted by Gasteiger charge is 2.18. The monoisotopic (exact) mass is 379 g/mol. The molecule has 2 heterocycles. The quantitative estimate of drug-likeness (QED) is 0.400. The zero-order valence-electron chi connectivity index (χ0n) is 13.9. The van der Waals surface area contributed by atoms with E-state index in [0.717, 1.165) is 5.56 Å². The maximum absolute atomic E-state index is 13.3. The lowest BCUT2D eigenvalue weighted by atomic mass is 9.98. The van der Waals surface area contributed by atoms with Crippen LogP contribution < -0.4 is 5.43 Å². The average Bonchev–Trinajstić information content (AvgIpc) is 2.69. The third-order valence-electron chi connectivity index (χ3n) is 4.12. The van der Waals surface area contributed by atoms with Gasteiger partial charge in [0.25, 0.3) is 0 Å². The Morgan fingerprint density at radius 2 is 1.77 bits per heavy atom. The van der Waals surface area contributed by atoms with E-state index in [1.807, 2.05) is 54.8 Å². The molecule has 0 aliphatic carbocycles. The fourth-order valence-electron chi connectivity index (χ4n) is 2.90. The van der Waals surface area contributed by atoms with Crippen LogP contribution in [-0.4, -0.2) is 21.2 Å². The number of hydrogen-bond donors (Lipinski definition) is 1. The van der Waals surface area contributed by atoms with Gasteiger partial charge in [-0.15, -0.1) is 0 Å². The fraction of sp³-hybridized carbons (Fsp3) is 0.0500. The molecule has 0 amide bonds. The van der Waals surface area contributed by atoms with Gasteiger partial charge in [-0.05, 0) is 17.9 Å². The van der Waals surface area contributed by atoms with Crippen LogP contribution >= 0.6 is 23.4 Å². The van der Waals surface area contributed by atoms with Crippen LogP contribution in [-0.2, 0) is 0 Å². The Kier molecular flexibility index (Phi) is 4.49. The van der Waals surface area contributed by atoms with Crippen LogP contribution in [0.25, 0.3) is 33.4 Å². The molecule has 2 aromatic heterocycles. The number of fused-ring (bicyclic) bond motifs is 1. The van der Waals surface area contributed by atoms with Gasteiger partial charge >= 0.3 is 0 Å². The molecule has 0 aliphatic rings. The average molecular weight is 380 g/mol. The summed E-state index contributed by atoms with van der Waals surface area (Å²) in [6, 6.07) is 17.0. The lowest BCUT2D eigenvalue weighted by molar-refractivity contribution is 0.991. The van der Waals surface area contributed by atoms with Crippen molar-refractivity contribution in [2.75, 3.05) is 6.26 Å². The molecular formula is C20H14ClN3OS. The number of halogens is 1.